The van der Waals surface area contributed by atoms with Crippen molar-refractivity contribution < 1.29 is 22.3 Å². The van der Waals surface area contributed by atoms with Gasteiger partial charge in [-0.15, -0.1) is 0 Å². The molecule has 0 radical (unpaired) electrons. The van der Waals surface area contributed by atoms with Crippen LogP contribution in [0.2, 0.25) is 0 Å². The zero-order valence-corrected chi connectivity index (χ0v) is 16.6. The Morgan fingerprint density at radius 1 is 1.18 bits per heavy atom. The highest BCUT2D eigenvalue weighted by Crippen LogP contribution is 2.27. The molecule has 0 N–H and O–H groups in total. The maximum absolute atomic E-state index is 14.2. The normalized spacial score (nSPS) is 18.0. The van der Waals surface area contributed by atoms with Gasteiger partial charge in [0.05, 0.1) is 23.7 Å². The number of para-hydroxylation sites is 1. The minimum absolute atomic E-state index is 0.00774. The van der Waals surface area contributed by atoms with Crippen LogP contribution in [0.3, 0.4) is 0 Å². The molecule has 0 bridgehead atoms. The predicted molar refractivity (Wildman–Crippen MR) is 106 cm³/mol. The molecule has 3 rings (SSSR count). The van der Waals surface area contributed by atoms with E-state index in [-0.39, 0.29) is 24.0 Å². The van der Waals surface area contributed by atoms with Crippen LogP contribution in [0, 0.1) is 5.82 Å². The molecule has 1 amide bonds. The van der Waals surface area contributed by atoms with E-state index in [2.05, 4.69) is 0 Å². The van der Waals surface area contributed by atoms with Crippen molar-refractivity contribution >= 4 is 15.7 Å². The molecule has 1 atom stereocenters. The number of carbonyl (C=O) groups excluding carboxylic acids is 1. The standard InChI is InChI=1S/C21H24FNO4S/c1-2-12-27-20-10-6-4-8-18(20)21(24)23(17-11-13-28(25,26)15-17)14-16-7-3-5-9-19(16)22/h3-10,17H,2,11-15H2,1H3/t17-/m0/s1. The molecule has 150 valence electrons. The second kappa shape index (κ2) is 8.73. The summed E-state index contributed by atoms with van der Waals surface area (Å²) in [6.07, 6.45) is 1.14. The molecule has 1 saturated heterocycles. The van der Waals surface area contributed by atoms with Crippen LogP contribution < -0.4 is 4.74 Å². The van der Waals surface area contributed by atoms with Crippen LogP contribution in [0.5, 0.6) is 5.75 Å². The molecule has 1 aliphatic rings. The molecule has 2 aromatic rings. The van der Waals surface area contributed by atoms with Crippen molar-refractivity contribution in [1.29, 1.82) is 0 Å². The van der Waals surface area contributed by atoms with Gasteiger partial charge in [-0.3, -0.25) is 4.79 Å². The van der Waals surface area contributed by atoms with Gasteiger partial charge in [-0.1, -0.05) is 37.3 Å². The summed E-state index contributed by atoms with van der Waals surface area (Å²) in [5, 5.41) is 0. The average Bonchev–Trinajstić information content (AvgIpc) is 3.05. The van der Waals surface area contributed by atoms with Gasteiger partial charge in [0.15, 0.2) is 9.84 Å². The molecule has 0 saturated carbocycles. The van der Waals surface area contributed by atoms with Gasteiger partial charge in [-0.2, -0.15) is 0 Å². The lowest BCUT2D eigenvalue weighted by atomic mass is 10.1. The van der Waals surface area contributed by atoms with Gasteiger partial charge in [-0.05, 0) is 31.0 Å². The molecule has 0 unspecified atom stereocenters. The van der Waals surface area contributed by atoms with Crippen molar-refractivity contribution in [2.45, 2.75) is 32.4 Å². The number of halogens is 1. The molecular weight excluding hydrogens is 381 g/mol. The van der Waals surface area contributed by atoms with Gasteiger partial charge >= 0.3 is 0 Å². The molecular formula is C21H24FNO4S. The third kappa shape index (κ3) is 4.70. The Kier molecular flexibility index (Phi) is 6.34. The van der Waals surface area contributed by atoms with Crippen LogP contribution in [0.15, 0.2) is 48.5 Å². The van der Waals surface area contributed by atoms with E-state index in [9.17, 15) is 17.6 Å². The van der Waals surface area contributed by atoms with Gasteiger partial charge in [0.1, 0.15) is 11.6 Å². The van der Waals surface area contributed by atoms with E-state index in [0.29, 0.717) is 29.9 Å². The Morgan fingerprint density at radius 3 is 2.57 bits per heavy atom. The highest BCUT2D eigenvalue weighted by Gasteiger charge is 2.36. The Bertz CT molecular complexity index is 945. The van der Waals surface area contributed by atoms with Crippen LogP contribution in [0.4, 0.5) is 4.39 Å². The number of carbonyl (C=O) groups is 1. The van der Waals surface area contributed by atoms with Crippen molar-refractivity contribution in [1.82, 2.24) is 4.90 Å². The number of rotatable bonds is 7. The van der Waals surface area contributed by atoms with E-state index >= 15 is 0 Å². The summed E-state index contributed by atoms with van der Waals surface area (Å²) in [4.78, 5) is 14.8. The molecule has 0 aromatic heterocycles. The van der Waals surface area contributed by atoms with Crippen LogP contribution in [0.1, 0.15) is 35.7 Å². The molecule has 0 aliphatic carbocycles. The van der Waals surface area contributed by atoms with Gasteiger partial charge in [0.25, 0.3) is 5.91 Å². The van der Waals surface area contributed by atoms with E-state index < -0.39 is 21.7 Å². The Labute approximate surface area is 165 Å². The molecule has 0 spiro atoms. The van der Waals surface area contributed by atoms with Crippen LogP contribution in [-0.4, -0.2) is 43.4 Å². The lowest BCUT2D eigenvalue weighted by Crippen LogP contribution is -2.41. The monoisotopic (exact) mass is 405 g/mol. The number of nitrogens with zero attached hydrogens (tertiary/aromatic N) is 1. The first-order valence-electron chi connectivity index (χ1n) is 9.38. The molecule has 1 aliphatic heterocycles. The van der Waals surface area contributed by atoms with E-state index in [1.54, 1.807) is 42.5 Å². The van der Waals surface area contributed by atoms with Crippen molar-refractivity contribution in [3.8, 4) is 5.75 Å². The fourth-order valence-electron chi connectivity index (χ4n) is 3.33. The SMILES string of the molecule is CCCOc1ccccc1C(=O)N(Cc1ccccc1F)[C@H]1CCS(=O)(=O)C1. The smallest absolute Gasteiger partial charge is 0.258 e. The molecule has 1 fully saturated rings. The lowest BCUT2D eigenvalue weighted by Gasteiger charge is -2.29. The van der Waals surface area contributed by atoms with E-state index in [4.69, 9.17) is 4.74 Å². The summed E-state index contributed by atoms with van der Waals surface area (Å²) in [6.45, 7) is 2.45. The summed E-state index contributed by atoms with van der Waals surface area (Å²) >= 11 is 0. The molecule has 5 nitrogen and oxygen atoms in total. The summed E-state index contributed by atoms with van der Waals surface area (Å²) in [7, 11) is -3.20. The minimum Gasteiger partial charge on any atom is -0.493 e. The molecule has 28 heavy (non-hydrogen) atoms. The topological polar surface area (TPSA) is 63.7 Å². The highest BCUT2D eigenvalue weighted by molar-refractivity contribution is 7.91. The number of hydrogen-bond acceptors (Lipinski definition) is 4. The Hall–Kier alpha value is -2.41. The van der Waals surface area contributed by atoms with Crippen LogP contribution >= 0.6 is 0 Å². The third-order valence-corrected chi connectivity index (χ3v) is 6.54. The van der Waals surface area contributed by atoms with Gasteiger partial charge in [-0.25, -0.2) is 12.8 Å². The fourth-order valence-corrected chi connectivity index (χ4v) is 5.06. The number of amides is 1. The van der Waals surface area contributed by atoms with Gasteiger partial charge in [0.2, 0.25) is 0 Å². The van der Waals surface area contributed by atoms with Crippen molar-refractivity contribution in [3.63, 3.8) is 0 Å². The average molecular weight is 405 g/mol. The zero-order chi connectivity index (χ0) is 20.1. The number of benzene rings is 2. The first-order chi connectivity index (χ1) is 13.4. The first-order valence-corrected chi connectivity index (χ1v) is 11.2. The van der Waals surface area contributed by atoms with Gasteiger partial charge in [0, 0.05) is 18.2 Å². The summed E-state index contributed by atoms with van der Waals surface area (Å²) in [5.74, 6) is -0.389. The van der Waals surface area contributed by atoms with Crippen molar-refractivity contribution in [3.05, 3.63) is 65.5 Å². The molecule has 2 aromatic carbocycles. The second-order valence-corrected chi connectivity index (χ2v) is 9.15. The Morgan fingerprint density at radius 2 is 1.89 bits per heavy atom. The third-order valence-electron chi connectivity index (χ3n) is 4.79. The summed E-state index contributed by atoms with van der Waals surface area (Å²) in [6, 6.07) is 12.6. The number of hydrogen-bond donors (Lipinski definition) is 0. The highest BCUT2D eigenvalue weighted by atomic mass is 32.2. The molecule has 1 heterocycles. The van der Waals surface area contributed by atoms with Crippen molar-refractivity contribution in [2.24, 2.45) is 0 Å². The molecule has 7 heteroatoms. The predicted octanol–water partition coefficient (Wildman–Crippen LogP) is 3.44. The quantitative estimate of drug-likeness (QED) is 0.708. The first kappa shape index (κ1) is 20.3. The maximum atomic E-state index is 14.2. The number of sulfone groups is 1. The maximum Gasteiger partial charge on any atom is 0.258 e. The lowest BCUT2D eigenvalue weighted by molar-refractivity contribution is 0.0674. The van der Waals surface area contributed by atoms with Crippen LogP contribution in [-0.2, 0) is 16.4 Å². The fraction of sp³-hybridized carbons (Fsp3) is 0.381. The summed E-state index contributed by atoms with van der Waals surface area (Å²) in [5.41, 5.74) is 0.712. The Balaban J connectivity index is 1.95. The van der Waals surface area contributed by atoms with E-state index in [1.807, 2.05) is 6.92 Å². The van der Waals surface area contributed by atoms with Crippen molar-refractivity contribution in [2.75, 3.05) is 18.1 Å². The number of ether oxygens (including phenoxy) is 1. The second-order valence-electron chi connectivity index (χ2n) is 6.93. The largest absolute Gasteiger partial charge is 0.493 e. The van der Waals surface area contributed by atoms with Gasteiger partial charge < -0.3 is 9.64 Å². The zero-order valence-electron chi connectivity index (χ0n) is 15.8. The van der Waals surface area contributed by atoms with E-state index in [1.165, 1.54) is 11.0 Å². The minimum atomic E-state index is -3.20. The van der Waals surface area contributed by atoms with Crippen LogP contribution in [0.25, 0.3) is 0 Å². The summed E-state index contributed by atoms with van der Waals surface area (Å²) < 4.78 is 43.9. The van der Waals surface area contributed by atoms with E-state index in [0.717, 1.165) is 6.42 Å².